The number of hydrogen-bond donors (Lipinski definition) is 0. The molecule has 6 nitrogen and oxygen atoms in total. The lowest BCUT2D eigenvalue weighted by Gasteiger charge is -2.30. The molecule has 2 unspecified atom stereocenters. The zero-order valence-corrected chi connectivity index (χ0v) is 36.1. The van der Waals surface area contributed by atoms with E-state index in [1.807, 2.05) is 0 Å². The number of unbranched alkanes of at least 4 members (excludes halogenated alkanes) is 19. The first-order valence-electron chi connectivity index (χ1n) is 23.5. The molecule has 316 valence electrons. The van der Waals surface area contributed by atoms with Crippen LogP contribution < -0.4 is 0 Å². The Morgan fingerprint density at radius 3 is 1.65 bits per heavy atom. The minimum atomic E-state index is -0.00663. The normalized spacial score (nSPS) is 14.9. The zero-order valence-electron chi connectivity index (χ0n) is 36.1. The maximum Gasteiger partial charge on any atom is 0.306 e. The number of rotatable bonds is 39. The molecule has 1 rings (SSSR count). The molecular weight excluding hydrogens is 671 g/mol. The zero-order chi connectivity index (χ0) is 39.0. The summed E-state index contributed by atoms with van der Waals surface area (Å²) in [5, 5.41) is 0. The monoisotopic (exact) mass is 760 g/mol. The first-order chi connectivity index (χ1) is 26.6. The van der Waals surface area contributed by atoms with E-state index in [0.29, 0.717) is 32.0 Å². The van der Waals surface area contributed by atoms with Crippen LogP contribution in [0.4, 0.5) is 0 Å². The quantitative estimate of drug-likeness (QED) is 0.0353. The minimum absolute atomic E-state index is 0.00304. The van der Waals surface area contributed by atoms with Crippen molar-refractivity contribution in [3.8, 4) is 0 Å². The Kier molecular flexibility index (Phi) is 36.9. The maximum absolute atomic E-state index is 12.6. The Balaban J connectivity index is 2.13. The first-order valence-corrected chi connectivity index (χ1v) is 23.5. The van der Waals surface area contributed by atoms with Crippen LogP contribution in [0.1, 0.15) is 213 Å². The second-order valence-electron chi connectivity index (χ2n) is 16.4. The van der Waals surface area contributed by atoms with E-state index in [-0.39, 0.29) is 11.9 Å². The van der Waals surface area contributed by atoms with E-state index in [1.54, 1.807) is 0 Å². The lowest BCUT2D eigenvalue weighted by atomic mass is 9.93. The number of allylic oxidation sites excluding steroid dienone is 4. The molecule has 0 bridgehead atoms. The van der Waals surface area contributed by atoms with Crippen molar-refractivity contribution in [1.29, 1.82) is 0 Å². The Bertz CT molecular complexity index is 882. The SMILES string of the molecule is CCC/C=C/C=C/CC(CCCCC)CC(=O)OCCCCCCCCCC(CCCCCCCCCOC(=O)CCCCCCC)CN1CCOCC1. The summed E-state index contributed by atoms with van der Waals surface area (Å²) in [7, 11) is 0. The fourth-order valence-electron chi connectivity index (χ4n) is 7.60. The highest BCUT2D eigenvalue weighted by molar-refractivity contribution is 5.69. The lowest BCUT2D eigenvalue weighted by molar-refractivity contribution is -0.145. The van der Waals surface area contributed by atoms with Gasteiger partial charge in [0.1, 0.15) is 0 Å². The van der Waals surface area contributed by atoms with E-state index in [9.17, 15) is 9.59 Å². The summed E-state index contributed by atoms with van der Waals surface area (Å²) in [6.07, 6.45) is 44.0. The van der Waals surface area contributed by atoms with Gasteiger partial charge in [-0.05, 0) is 63.2 Å². The van der Waals surface area contributed by atoms with Gasteiger partial charge in [-0.2, -0.15) is 0 Å². The van der Waals surface area contributed by atoms with Gasteiger partial charge in [-0.1, -0.05) is 173 Å². The minimum Gasteiger partial charge on any atom is -0.466 e. The number of carbonyl (C=O) groups excluding carboxylic acids is 2. The third kappa shape index (κ3) is 33.7. The molecule has 2 atom stereocenters. The van der Waals surface area contributed by atoms with Crippen LogP contribution in [0.5, 0.6) is 0 Å². The Hall–Kier alpha value is -1.66. The van der Waals surface area contributed by atoms with Crippen molar-refractivity contribution >= 4 is 11.9 Å². The van der Waals surface area contributed by atoms with Gasteiger partial charge in [0.2, 0.25) is 0 Å². The average molecular weight is 760 g/mol. The number of esters is 2. The van der Waals surface area contributed by atoms with Gasteiger partial charge < -0.3 is 14.2 Å². The van der Waals surface area contributed by atoms with Crippen LogP contribution in [-0.4, -0.2) is 62.9 Å². The van der Waals surface area contributed by atoms with Crippen molar-refractivity contribution in [3.63, 3.8) is 0 Å². The first kappa shape index (κ1) is 50.4. The van der Waals surface area contributed by atoms with Crippen LogP contribution >= 0.6 is 0 Å². The Morgan fingerprint density at radius 1 is 0.556 bits per heavy atom. The molecule has 0 saturated carbocycles. The van der Waals surface area contributed by atoms with E-state index in [2.05, 4.69) is 50.0 Å². The molecule has 0 aromatic heterocycles. The van der Waals surface area contributed by atoms with Crippen LogP contribution in [0.2, 0.25) is 0 Å². The van der Waals surface area contributed by atoms with E-state index in [0.717, 1.165) is 83.6 Å². The molecule has 1 heterocycles. The highest BCUT2D eigenvalue weighted by atomic mass is 16.5. The maximum atomic E-state index is 12.6. The van der Waals surface area contributed by atoms with E-state index in [1.165, 1.54) is 135 Å². The van der Waals surface area contributed by atoms with E-state index >= 15 is 0 Å². The second kappa shape index (κ2) is 39.6. The molecule has 1 aliphatic rings. The molecule has 54 heavy (non-hydrogen) atoms. The molecule has 1 aliphatic heterocycles. The lowest BCUT2D eigenvalue weighted by Crippen LogP contribution is -2.39. The van der Waals surface area contributed by atoms with Crippen molar-refractivity contribution in [3.05, 3.63) is 24.3 Å². The third-order valence-electron chi connectivity index (χ3n) is 11.1. The predicted molar refractivity (Wildman–Crippen MR) is 230 cm³/mol. The molecule has 1 fully saturated rings. The summed E-state index contributed by atoms with van der Waals surface area (Å²) < 4.78 is 16.7. The van der Waals surface area contributed by atoms with Crippen LogP contribution in [0.15, 0.2) is 24.3 Å². The number of carbonyl (C=O) groups is 2. The van der Waals surface area contributed by atoms with Gasteiger partial charge in [-0.15, -0.1) is 0 Å². The van der Waals surface area contributed by atoms with Crippen LogP contribution in [0.25, 0.3) is 0 Å². The van der Waals surface area contributed by atoms with Crippen LogP contribution in [0.3, 0.4) is 0 Å². The molecule has 0 aromatic carbocycles. The fraction of sp³-hybridized carbons (Fsp3) is 0.875. The predicted octanol–water partition coefficient (Wildman–Crippen LogP) is 13.5. The molecule has 0 amide bonds. The van der Waals surface area contributed by atoms with Crippen molar-refractivity contribution < 1.29 is 23.8 Å². The van der Waals surface area contributed by atoms with Crippen molar-refractivity contribution in [2.45, 2.75) is 213 Å². The van der Waals surface area contributed by atoms with Crippen LogP contribution in [-0.2, 0) is 23.8 Å². The second-order valence-corrected chi connectivity index (χ2v) is 16.4. The fourth-order valence-corrected chi connectivity index (χ4v) is 7.60. The molecule has 0 N–H and O–H groups in total. The summed E-state index contributed by atoms with van der Waals surface area (Å²) >= 11 is 0. The van der Waals surface area contributed by atoms with Gasteiger partial charge in [-0.3, -0.25) is 14.5 Å². The summed E-state index contributed by atoms with van der Waals surface area (Å²) in [4.78, 5) is 27.1. The number of hydrogen-bond acceptors (Lipinski definition) is 6. The van der Waals surface area contributed by atoms with Gasteiger partial charge in [-0.25, -0.2) is 0 Å². The molecule has 6 heteroatoms. The summed E-state index contributed by atoms with van der Waals surface area (Å²) in [5.41, 5.74) is 0. The van der Waals surface area contributed by atoms with Crippen molar-refractivity contribution in [2.75, 3.05) is 46.1 Å². The van der Waals surface area contributed by atoms with Crippen LogP contribution in [0, 0.1) is 11.8 Å². The Morgan fingerprint density at radius 2 is 1.04 bits per heavy atom. The molecule has 0 aliphatic carbocycles. The topological polar surface area (TPSA) is 65.1 Å². The summed E-state index contributed by atoms with van der Waals surface area (Å²) in [6, 6.07) is 0. The van der Waals surface area contributed by atoms with Crippen molar-refractivity contribution in [2.24, 2.45) is 11.8 Å². The third-order valence-corrected chi connectivity index (χ3v) is 11.1. The van der Waals surface area contributed by atoms with Gasteiger partial charge >= 0.3 is 11.9 Å². The van der Waals surface area contributed by atoms with Gasteiger partial charge in [0.15, 0.2) is 0 Å². The standard InChI is InChI=1S/C48H89NO5/c1-4-7-10-12-20-26-33-45(32-25-9-6-3)43-48(51)54-40-31-24-18-14-16-22-28-35-46(44-49-37-41-52-42-38-49)34-27-21-15-13-17-23-30-39-53-47(50)36-29-19-11-8-5-2/h10,12,20,26,45-46H,4-9,11,13-19,21-25,27-44H2,1-3H3/b12-10+,26-20+. The highest BCUT2D eigenvalue weighted by Crippen LogP contribution is 2.22. The Labute approximate surface area is 335 Å². The largest absolute Gasteiger partial charge is 0.466 e. The van der Waals surface area contributed by atoms with Gasteiger partial charge in [0.05, 0.1) is 26.4 Å². The molecule has 0 spiro atoms. The van der Waals surface area contributed by atoms with Gasteiger partial charge in [0, 0.05) is 32.5 Å². The van der Waals surface area contributed by atoms with Crippen molar-refractivity contribution in [1.82, 2.24) is 4.90 Å². The molecular formula is C48H89NO5. The van der Waals surface area contributed by atoms with E-state index < -0.39 is 0 Å². The molecule has 0 radical (unpaired) electrons. The summed E-state index contributed by atoms with van der Waals surface area (Å²) in [6.45, 7) is 13.0. The smallest absolute Gasteiger partial charge is 0.306 e. The number of nitrogens with zero attached hydrogens (tertiary/aromatic N) is 1. The number of ether oxygens (including phenoxy) is 3. The number of morpholine rings is 1. The molecule has 0 aromatic rings. The highest BCUT2D eigenvalue weighted by Gasteiger charge is 2.17. The van der Waals surface area contributed by atoms with Gasteiger partial charge in [0.25, 0.3) is 0 Å². The average Bonchev–Trinajstić information content (AvgIpc) is 3.17. The van der Waals surface area contributed by atoms with E-state index in [4.69, 9.17) is 14.2 Å². The summed E-state index contributed by atoms with van der Waals surface area (Å²) in [5.74, 6) is 1.20. The molecule has 1 saturated heterocycles.